The molecule has 0 aliphatic carbocycles. The number of hydrogen-bond acceptors (Lipinski definition) is 2. The molecule has 1 amide bonds. The first-order valence-corrected chi connectivity index (χ1v) is 8.36. The predicted octanol–water partition coefficient (Wildman–Crippen LogP) is 4.42. The average Bonchev–Trinajstić information content (AvgIpc) is 2.50. The predicted molar refractivity (Wildman–Crippen MR) is 89.2 cm³/mol. The minimum absolute atomic E-state index is 0.100. The fourth-order valence-corrected chi connectivity index (χ4v) is 3.21. The zero-order valence-electron chi connectivity index (χ0n) is 13.0. The molecule has 1 N–H and O–H groups in total. The Morgan fingerprint density at radius 3 is 2.67 bits per heavy atom. The molecule has 1 heterocycles. The van der Waals surface area contributed by atoms with Crippen LogP contribution in [0.4, 0.5) is 5.69 Å². The molecule has 1 aliphatic rings. The van der Waals surface area contributed by atoms with Crippen LogP contribution < -0.4 is 5.32 Å². The highest BCUT2D eigenvalue weighted by molar-refractivity contribution is 6.31. The van der Waals surface area contributed by atoms with Gasteiger partial charge in [0.1, 0.15) is 0 Å². The van der Waals surface area contributed by atoms with Crippen molar-refractivity contribution in [3.8, 4) is 0 Å². The molecule has 1 aliphatic heterocycles. The molecule has 2 rings (SSSR count). The molecule has 1 aromatic carbocycles. The maximum Gasteiger partial charge on any atom is 0.256 e. The Morgan fingerprint density at radius 1 is 1.33 bits per heavy atom. The van der Waals surface area contributed by atoms with E-state index in [4.69, 9.17) is 11.6 Å². The van der Waals surface area contributed by atoms with Gasteiger partial charge in [-0.1, -0.05) is 31.4 Å². The van der Waals surface area contributed by atoms with Crippen molar-refractivity contribution in [2.75, 3.05) is 25.0 Å². The minimum Gasteiger partial charge on any atom is -0.385 e. The summed E-state index contributed by atoms with van der Waals surface area (Å²) < 4.78 is 0. The lowest BCUT2D eigenvalue weighted by molar-refractivity contribution is 0.0687. The van der Waals surface area contributed by atoms with Crippen molar-refractivity contribution in [1.82, 2.24) is 4.90 Å². The number of piperidine rings is 1. The highest BCUT2D eigenvalue weighted by Gasteiger charge is 2.24. The lowest BCUT2D eigenvalue weighted by atomic mass is 9.92. The summed E-state index contributed by atoms with van der Waals surface area (Å²) in [5.74, 6) is 0.884. The normalized spacial score (nSPS) is 16.0. The third-order valence-corrected chi connectivity index (χ3v) is 4.41. The Hall–Kier alpha value is -1.22. The van der Waals surface area contributed by atoms with Gasteiger partial charge in [-0.15, -0.1) is 0 Å². The van der Waals surface area contributed by atoms with Gasteiger partial charge in [-0.05, 0) is 43.9 Å². The quantitative estimate of drug-likeness (QED) is 0.873. The largest absolute Gasteiger partial charge is 0.385 e. The third-order valence-electron chi connectivity index (χ3n) is 4.18. The molecule has 21 heavy (non-hydrogen) atoms. The van der Waals surface area contributed by atoms with Crippen molar-refractivity contribution in [1.29, 1.82) is 0 Å². The second kappa shape index (κ2) is 7.69. The zero-order valence-corrected chi connectivity index (χ0v) is 13.7. The van der Waals surface area contributed by atoms with Gasteiger partial charge in [-0.3, -0.25) is 4.79 Å². The Labute approximate surface area is 132 Å². The van der Waals surface area contributed by atoms with E-state index in [2.05, 4.69) is 12.2 Å². The number of rotatable bonds is 5. The van der Waals surface area contributed by atoms with Crippen molar-refractivity contribution in [3.63, 3.8) is 0 Å². The summed E-state index contributed by atoms with van der Waals surface area (Å²) in [4.78, 5) is 14.7. The average molecular weight is 309 g/mol. The van der Waals surface area contributed by atoms with Crippen molar-refractivity contribution in [2.24, 2.45) is 5.92 Å². The van der Waals surface area contributed by atoms with Gasteiger partial charge in [0.2, 0.25) is 0 Å². The highest BCUT2D eigenvalue weighted by atomic mass is 35.5. The van der Waals surface area contributed by atoms with Crippen LogP contribution in [0, 0.1) is 5.92 Å². The fourth-order valence-electron chi connectivity index (χ4n) is 3.04. The van der Waals surface area contributed by atoms with Gasteiger partial charge in [0, 0.05) is 30.3 Å². The second-order valence-corrected chi connectivity index (χ2v) is 6.18. The van der Waals surface area contributed by atoms with Gasteiger partial charge in [0.25, 0.3) is 5.91 Å². The maximum absolute atomic E-state index is 12.7. The monoisotopic (exact) mass is 308 g/mol. The second-order valence-electron chi connectivity index (χ2n) is 5.74. The number of nitrogens with zero attached hydrogens (tertiary/aromatic N) is 1. The number of amides is 1. The molecule has 0 spiro atoms. The van der Waals surface area contributed by atoms with Crippen LogP contribution in [0.1, 0.15) is 49.9 Å². The number of benzene rings is 1. The van der Waals surface area contributed by atoms with Crippen molar-refractivity contribution >= 4 is 23.2 Å². The van der Waals surface area contributed by atoms with Crippen LogP contribution in [0.5, 0.6) is 0 Å². The Bertz CT molecular complexity index is 482. The Kier molecular flexibility index (Phi) is 5.92. The summed E-state index contributed by atoms with van der Waals surface area (Å²) in [6.45, 7) is 6.77. The van der Waals surface area contributed by atoms with Gasteiger partial charge < -0.3 is 10.2 Å². The SMILES string of the molecule is CCCC1CCN(C(=O)c2cc(Cl)ccc2NCC)CC1. The van der Waals surface area contributed by atoms with E-state index >= 15 is 0 Å². The molecule has 1 fully saturated rings. The standard InChI is InChI=1S/C17H25ClN2O/c1-3-5-13-8-10-20(11-9-13)17(21)15-12-14(18)6-7-16(15)19-4-2/h6-7,12-13,19H,3-5,8-11H2,1-2H3. The molecule has 0 saturated carbocycles. The van der Waals surface area contributed by atoms with Gasteiger partial charge in [-0.25, -0.2) is 0 Å². The molecule has 0 unspecified atom stereocenters. The summed E-state index contributed by atoms with van der Waals surface area (Å²) in [7, 11) is 0. The highest BCUT2D eigenvalue weighted by Crippen LogP contribution is 2.26. The number of hydrogen-bond donors (Lipinski definition) is 1. The van der Waals surface area contributed by atoms with E-state index in [1.54, 1.807) is 6.07 Å². The number of likely N-dealkylation sites (tertiary alicyclic amines) is 1. The molecule has 0 aromatic heterocycles. The van der Waals surface area contributed by atoms with Crippen molar-refractivity contribution in [2.45, 2.75) is 39.5 Å². The fraction of sp³-hybridized carbons (Fsp3) is 0.588. The summed E-state index contributed by atoms with van der Waals surface area (Å²) in [5.41, 5.74) is 1.57. The number of carbonyl (C=O) groups excluding carboxylic acids is 1. The van der Waals surface area contributed by atoms with Crippen LogP contribution in [0.2, 0.25) is 5.02 Å². The Balaban J connectivity index is 2.08. The summed E-state index contributed by atoms with van der Waals surface area (Å²) in [5, 5.41) is 3.86. The summed E-state index contributed by atoms with van der Waals surface area (Å²) >= 11 is 6.07. The van der Waals surface area contributed by atoms with Crippen molar-refractivity contribution in [3.05, 3.63) is 28.8 Å². The van der Waals surface area contributed by atoms with E-state index in [1.165, 1.54) is 12.8 Å². The van der Waals surface area contributed by atoms with Crippen molar-refractivity contribution < 1.29 is 4.79 Å². The molecule has 116 valence electrons. The molecule has 3 nitrogen and oxygen atoms in total. The summed E-state index contributed by atoms with van der Waals surface area (Å²) in [6.07, 6.45) is 4.76. The third kappa shape index (κ3) is 4.13. The van der Waals surface area contributed by atoms with Crippen LogP contribution >= 0.6 is 11.6 Å². The van der Waals surface area contributed by atoms with E-state index in [0.29, 0.717) is 10.6 Å². The topological polar surface area (TPSA) is 32.3 Å². The van der Waals surface area contributed by atoms with Crippen LogP contribution in [-0.2, 0) is 0 Å². The maximum atomic E-state index is 12.7. The summed E-state index contributed by atoms with van der Waals surface area (Å²) in [6, 6.07) is 5.49. The lowest BCUT2D eigenvalue weighted by Crippen LogP contribution is -2.38. The molecular weight excluding hydrogens is 284 g/mol. The first-order valence-electron chi connectivity index (χ1n) is 7.98. The molecule has 0 bridgehead atoms. The molecule has 0 atom stereocenters. The van der Waals surface area contributed by atoms with E-state index in [0.717, 1.165) is 44.1 Å². The number of halogens is 1. The van der Waals surface area contributed by atoms with E-state index in [9.17, 15) is 4.79 Å². The molecule has 1 saturated heterocycles. The van der Waals surface area contributed by atoms with Crippen LogP contribution in [0.25, 0.3) is 0 Å². The molecule has 4 heteroatoms. The molecule has 0 radical (unpaired) electrons. The van der Waals surface area contributed by atoms with Gasteiger partial charge in [0.15, 0.2) is 0 Å². The number of anilines is 1. The van der Waals surface area contributed by atoms with E-state index < -0.39 is 0 Å². The lowest BCUT2D eigenvalue weighted by Gasteiger charge is -2.32. The minimum atomic E-state index is 0.100. The van der Waals surface area contributed by atoms with Crippen LogP contribution in [0.15, 0.2) is 18.2 Å². The van der Waals surface area contributed by atoms with Gasteiger partial charge >= 0.3 is 0 Å². The van der Waals surface area contributed by atoms with Crippen LogP contribution in [-0.4, -0.2) is 30.4 Å². The van der Waals surface area contributed by atoms with E-state index in [-0.39, 0.29) is 5.91 Å². The van der Waals surface area contributed by atoms with Crippen LogP contribution in [0.3, 0.4) is 0 Å². The van der Waals surface area contributed by atoms with Gasteiger partial charge in [-0.2, -0.15) is 0 Å². The smallest absolute Gasteiger partial charge is 0.256 e. The molecule has 1 aromatic rings. The Morgan fingerprint density at radius 2 is 2.05 bits per heavy atom. The molecular formula is C17H25ClN2O. The number of carbonyl (C=O) groups is 1. The first kappa shape index (κ1) is 16.2. The number of nitrogens with one attached hydrogen (secondary N) is 1. The van der Waals surface area contributed by atoms with E-state index in [1.807, 2.05) is 24.0 Å². The zero-order chi connectivity index (χ0) is 15.2. The van der Waals surface area contributed by atoms with Gasteiger partial charge in [0.05, 0.1) is 5.56 Å². The first-order chi connectivity index (χ1) is 10.2.